The lowest BCUT2D eigenvalue weighted by Gasteiger charge is -2.16. The number of carboxylic acids is 1. The summed E-state index contributed by atoms with van der Waals surface area (Å²) in [5, 5.41) is 7.12. The molecule has 0 fully saturated rings. The normalized spacial score (nSPS) is 11.2. The van der Waals surface area contributed by atoms with Gasteiger partial charge in [0.05, 0.1) is 0 Å². The van der Waals surface area contributed by atoms with Crippen molar-refractivity contribution in [3.8, 4) is 0 Å². The molecule has 0 saturated carbocycles. The van der Waals surface area contributed by atoms with Crippen LogP contribution >= 0.6 is 27.3 Å². The summed E-state index contributed by atoms with van der Waals surface area (Å²) in [4.78, 5) is 35.6. The molecule has 2 N–H and O–H groups in total. The van der Waals surface area contributed by atoms with Crippen LogP contribution in [0.4, 0.5) is 13.2 Å². The minimum Gasteiger partial charge on any atom is -0.475 e. The van der Waals surface area contributed by atoms with E-state index in [-0.39, 0.29) is 5.91 Å². The molecule has 1 amide bonds. The first-order valence-corrected chi connectivity index (χ1v) is 9.78. The first-order valence-electron chi connectivity index (χ1n) is 8.17. The Balaban J connectivity index is 0.000000370. The predicted octanol–water partition coefficient (Wildman–Crippen LogP) is 3.69. The van der Waals surface area contributed by atoms with Crippen LogP contribution in [0.5, 0.6) is 0 Å². The number of carbonyl (C=O) groups excluding carboxylic acids is 1. The fourth-order valence-corrected chi connectivity index (χ4v) is 3.69. The van der Waals surface area contributed by atoms with Crippen LogP contribution in [-0.4, -0.2) is 61.2 Å². The van der Waals surface area contributed by atoms with Crippen LogP contribution in [0.25, 0.3) is 10.3 Å². The highest BCUT2D eigenvalue weighted by molar-refractivity contribution is 9.11. The molecule has 3 aromatic rings. The average molecular weight is 496 g/mol. The standard InChI is InChI=1S/C14H16BrN5OS.C2HF3O2/c1-9-16-4-7-20(9)6-3-5-19(2)13(21)11-8-10-12(17-11)22-14(15)18-10;3-2(4,5)1(6)7/h4,7-8,17H,3,5-6H2,1-2H3;(H,6,7). The zero-order chi connectivity index (χ0) is 21.8. The van der Waals surface area contributed by atoms with E-state index in [4.69, 9.17) is 9.90 Å². The van der Waals surface area contributed by atoms with Gasteiger partial charge in [0.2, 0.25) is 0 Å². The van der Waals surface area contributed by atoms with Gasteiger partial charge < -0.3 is 19.6 Å². The van der Waals surface area contributed by atoms with E-state index in [1.807, 2.05) is 20.2 Å². The minimum absolute atomic E-state index is 0.0105. The third-order valence-electron chi connectivity index (χ3n) is 3.79. The second-order valence-electron chi connectivity index (χ2n) is 5.92. The summed E-state index contributed by atoms with van der Waals surface area (Å²) >= 11 is 4.83. The van der Waals surface area contributed by atoms with Crippen molar-refractivity contribution >= 4 is 49.5 Å². The number of nitrogens with zero attached hydrogens (tertiary/aromatic N) is 4. The topological polar surface area (TPSA) is 104 Å². The van der Waals surface area contributed by atoms with E-state index in [0.717, 1.165) is 33.1 Å². The van der Waals surface area contributed by atoms with Crippen LogP contribution in [0.3, 0.4) is 0 Å². The second kappa shape index (κ2) is 9.39. The van der Waals surface area contributed by atoms with E-state index >= 15 is 0 Å². The number of aromatic nitrogens is 4. The van der Waals surface area contributed by atoms with Gasteiger partial charge in [0.15, 0.2) is 3.92 Å². The molecule has 13 heteroatoms. The van der Waals surface area contributed by atoms with Gasteiger partial charge in [0.25, 0.3) is 5.91 Å². The zero-order valence-corrected chi connectivity index (χ0v) is 17.7. The van der Waals surface area contributed by atoms with Crippen molar-refractivity contribution in [2.45, 2.75) is 26.1 Å². The first kappa shape index (κ1) is 22.9. The predicted molar refractivity (Wildman–Crippen MR) is 104 cm³/mol. The molecule has 3 heterocycles. The van der Waals surface area contributed by atoms with Crippen LogP contribution in [0, 0.1) is 6.92 Å². The molecule has 0 spiro atoms. The zero-order valence-electron chi connectivity index (χ0n) is 15.3. The molecule has 0 atom stereocenters. The lowest BCUT2D eigenvalue weighted by atomic mass is 10.3. The average Bonchev–Trinajstić information content (AvgIpc) is 3.28. The van der Waals surface area contributed by atoms with Crippen molar-refractivity contribution in [1.82, 2.24) is 24.4 Å². The molecule has 29 heavy (non-hydrogen) atoms. The van der Waals surface area contributed by atoms with Crippen molar-refractivity contribution in [3.05, 3.63) is 33.9 Å². The summed E-state index contributed by atoms with van der Waals surface area (Å²) in [5.41, 5.74) is 1.41. The Kier molecular flexibility index (Phi) is 7.41. The van der Waals surface area contributed by atoms with Crippen molar-refractivity contribution in [2.75, 3.05) is 13.6 Å². The molecule has 0 aliphatic carbocycles. The van der Waals surface area contributed by atoms with E-state index in [9.17, 15) is 18.0 Å². The summed E-state index contributed by atoms with van der Waals surface area (Å²) in [6.45, 7) is 3.53. The van der Waals surface area contributed by atoms with Gasteiger partial charge in [0.1, 0.15) is 21.9 Å². The van der Waals surface area contributed by atoms with E-state index in [0.29, 0.717) is 12.2 Å². The summed E-state index contributed by atoms with van der Waals surface area (Å²) < 4.78 is 34.6. The van der Waals surface area contributed by atoms with Crippen molar-refractivity contribution in [3.63, 3.8) is 0 Å². The number of H-pyrrole nitrogens is 1. The molecule has 0 aliphatic heterocycles. The molecular weight excluding hydrogens is 479 g/mol. The maximum Gasteiger partial charge on any atom is 0.490 e. The molecule has 0 aliphatic rings. The molecule has 0 saturated heterocycles. The first-order chi connectivity index (χ1) is 13.5. The van der Waals surface area contributed by atoms with E-state index in [1.165, 1.54) is 11.3 Å². The number of aryl methyl sites for hydroxylation is 2. The highest BCUT2D eigenvalue weighted by Gasteiger charge is 2.38. The fourth-order valence-electron chi connectivity index (χ4n) is 2.33. The molecular formula is C16H17BrF3N5O3S. The highest BCUT2D eigenvalue weighted by atomic mass is 79.9. The lowest BCUT2D eigenvalue weighted by molar-refractivity contribution is -0.192. The third-order valence-corrected chi connectivity index (χ3v) is 5.23. The van der Waals surface area contributed by atoms with Crippen LogP contribution in [-0.2, 0) is 11.3 Å². The SMILES string of the molecule is Cc1nccn1CCCN(C)C(=O)c1cc2nc(Br)sc2[nH]1.O=C(O)C(F)(F)F. The van der Waals surface area contributed by atoms with E-state index in [1.54, 1.807) is 17.2 Å². The molecule has 0 aromatic carbocycles. The maximum absolute atomic E-state index is 12.4. The van der Waals surface area contributed by atoms with Crippen molar-refractivity contribution in [1.29, 1.82) is 0 Å². The van der Waals surface area contributed by atoms with Crippen molar-refractivity contribution < 1.29 is 27.9 Å². The third kappa shape index (κ3) is 6.29. The Morgan fingerprint density at radius 3 is 2.59 bits per heavy atom. The quantitative estimate of drug-likeness (QED) is 0.561. The number of amides is 1. The highest BCUT2D eigenvalue weighted by Crippen LogP contribution is 2.26. The number of rotatable bonds is 5. The van der Waals surface area contributed by atoms with Gasteiger partial charge in [-0.05, 0) is 35.3 Å². The van der Waals surface area contributed by atoms with Gasteiger partial charge in [-0.25, -0.2) is 14.8 Å². The molecule has 3 aromatic heterocycles. The Labute approximate surface area is 175 Å². The number of hydrogen-bond acceptors (Lipinski definition) is 5. The smallest absolute Gasteiger partial charge is 0.475 e. The molecule has 0 bridgehead atoms. The monoisotopic (exact) mass is 495 g/mol. The number of imidazole rings is 1. The van der Waals surface area contributed by atoms with Crippen LogP contribution < -0.4 is 0 Å². The summed E-state index contributed by atoms with van der Waals surface area (Å²) in [6.07, 6.45) is -0.445. The summed E-state index contributed by atoms with van der Waals surface area (Å²) in [6, 6.07) is 1.80. The van der Waals surface area contributed by atoms with Crippen LogP contribution in [0.1, 0.15) is 22.7 Å². The Morgan fingerprint density at radius 2 is 2.07 bits per heavy atom. The number of aliphatic carboxylic acids is 1. The lowest BCUT2D eigenvalue weighted by Crippen LogP contribution is -2.28. The van der Waals surface area contributed by atoms with Crippen molar-refractivity contribution in [2.24, 2.45) is 0 Å². The number of halogens is 4. The number of fused-ring (bicyclic) bond motifs is 1. The van der Waals surface area contributed by atoms with E-state index in [2.05, 4.69) is 35.4 Å². The van der Waals surface area contributed by atoms with Crippen LogP contribution in [0.2, 0.25) is 0 Å². The molecule has 3 rings (SSSR count). The summed E-state index contributed by atoms with van der Waals surface area (Å²) in [7, 11) is 1.82. The number of thiazole rings is 1. The summed E-state index contributed by atoms with van der Waals surface area (Å²) in [5.74, 6) is -1.77. The molecule has 0 radical (unpaired) electrons. The van der Waals surface area contributed by atoms with Gasteiger partial charge in [-0.1, -0.05) is 11.3 Å². The number of nitrogens with one attached hydrogen (secondary N) is 1. The Morgan fingerprint density at radius 1 is 1.41 bits per heavy atom. The van der Waals surface area contributed by atoms with Gasteiger partial charge in [-0.2, -0.15) is 13.2 Å². The van der Waals surface area contributed by atoms with Gasteiger partial charge in [-0.15, -0.1) is 0 Å². The fraction of sp³-hybridized carbons (Fsp3) is 0.375. The number of carboxylic acid groups (broad SMARTS) is 1. The van der Waals surface area contributed by atoms with Gasteiger partial charge in [-0.3, -0.25) is 4.79 Å². The maximum atomic E-state index is 12.4. The molecule has 0 unspecified atom stereocenters. The van der Waals surface area contributed by atoms with E-state index < -0.39 is 12.1 Å². The number of alkyl halides is 3. The largest absolute Gasteiger partial charge is 0.490 e. The number of aromatic amines is 1. The number of carbonyl (C=O) groups is 2. The minimum atomic E-state index is -5.08. The van der Waals surface area contributed by atoms with Gasteiger partial charge >= 0.3 is 12.1 Å². The Bertz CT molecular complexity index is 966. The van der Waals surface area contributed by atoms with Gasteiger partial charge in [0, 0.05) is 32.5 Å². The van der Waals surface area contributed by atoms with Crippen LogP contribution in [0.15, 0.2) is 22.4 Å². The number of hydrogen-bond donors (Lipinski definition) is 2. The molecule has 158 valence electrons. The second-order valence-corrected chi connectivity index (χ2v) is 8.19. The molecule has 8 nitrogen and oxygen atoms in total. The Hall–Kier alpha value is -2.41.